The molecule has 0 spiro atoms. The minimum Gasteiger partial charge on any atom is -0.393 e. The molecule has 2 aromatic rings. The van der Waals surface area contributed by atoms with Crippen LogP contribution in [0.4, 0.5) is 4.79 Å². The van der Waals surface area contributed by atoms with Crippen LogP contribution in [0.3, 0.4) is 0 Å². The van der Waals surface area contributed by atoms with E-state index in [1.165, 1.54) is 0 Å². The molecule has 2 aliphatic rings. The van der Waals surface area contributed by atoms with Crippen molar-refractivity contribution in [2.75, 3.05) is 13.1 Å². The van der Waals surface area contributed by atoms with Crippen molar-refractivity contribution in [3.63, 3.8) is 0 Å². The number of benzene rings is 1. The van der Waals surface area contributed by atoms with E-state index in [0.29, 0.717) is 31.0 Å². The van der Waals surface area contributed by atoms with Crippen molar-refractivity contribution >= 4 is 28.5 Å². The highest BCUT2D eigenvalue weighted by Gasteiger charge is 2.40. The number of aromatic amines is 1. The Morgan fingerprint density at radius 2 is 2.03 bits per heavy atom. The maximum atomic E-state index is 12.4. The number of urea groups is 1. The highest BCUT2D eigenvalue weighted by Crippen LogP contribution is 2.46. The van der Waals surface area contributed by atoms with Gasteiger partial charge in [-0.15, -0.1) is 0 Å². The number of nitrogens with one attached hydrogen (secondary N) is 2. The Hall–Kier alpha value is -1.83. The van der Waals surface area contributed by atoms with Crippen LogP contribution in [0, 0.1) is 11.3 Å². The number of fused-ring (bicyclic) bond motifs is 1. The van der Waals surface area contributed by atoms with Crippen molar-refractivity contribution in [1.82, 2.24) is 20.4 Å². The zero-order chi connectivity index (χ0) is 20.8. The SMILES string of the molecule is CC(C)(C1CCN(C(=O)NC2CC(O)C2)CC1)[C@H](O)c1cc(Cl)cc2cn[nH]c12. The average Bonchev–Trinajstić information content (AvgIpc) is 3.13. The fourth-order valence-electron chi connectivity index (χ4n) is 4.68. The number of piperidine rings is 1. The molecule has 1 aliphatic heterocycles. The third kappa shape index (κ3) is 3.96. The predicted octanol–water partition coefficient (Wildman–Crippen LogP) is 3.22. The van der Waals surface area contributed by atoms with Gasteiger partial charge in [0.25, 0.3) is 0 Å². The molecular formula is C21H29ClN4O3. The van der Waals surface area contributed by atoms with Crippen LogP contribution in [-0.4, -0.2) is 56.6 Å². The molecule has 0 unspecified atom stereocenters. The van der Waals surface area contributed by atoms with Gasteiger partial charge in [-0.3, -0.25) is 5.10 Å². The number of carbonyl (C=O) groups is 1. The van der Waals surface area contributed by atoms with E-state index in [4.69, 9.17) is 11.6 Å². The topological polar surface area (TPSA) is 101 Å². The molecule has 4 N–H and O–H groups in total. The number of rotatable bonds is 4. The highest BCUT2D eigenvalue weighted by atomic mass is 35.5. The van der Waals surface area contributed by atoms with Crippen LogP contribution in [0.2, 0.25) is 5.02 Å². The molecule has 2 heterocycles. The monoisotopic (exact) mass is 420 g/mol. The summed E-state index contributed by atoms with van der Waals surface area (Å²) in [5.74, 6) is 0.268. The number of hydrogen-bond donors (Lipinski definition) is 4. The van der Waals surface area contributed by atoms with Crippen LogP contribution in [0.1, 0.15) is 51.2 Å². The van der Waals surface area contributed by atoms with Crippen LogP contribution in [0.15, 0.2) is 18.3 Å². The fourth-order valence-corrected chi connectivity index (χ4v) is 4.92. The van der Waals surface area contributed by atoms with Crippen LogP contribution in [-0.2, 0) is 0 Å². The molecule has 1 aliphatic carbocycles. The third-order valence-electron chi connectivity index (χ3n) is 6.82. The van der Waals surface area contributed by atoms with Gasteiger partial charge in [-0.05, 0) is 49.1 Å². The normalized spacial score (nSPS) is 24.4. The van der Waals surface area contributed by atoms with Crippen molar-refractivity contribution < 1.29 is 15.0 Å². The number of nitrogens with zero attached hydrogens (tertiary/aromatic N) is 2. The van der Waals surface area contributed by atoms with Gasteiger partial charge in [0.2, 0.25) is 0 Å². The summed E-state index contributed by atoms with van der Waals surface area (Å²) in [6, 6.07) is 3.69. The molecule has 29 heavy (non-hydrogen) atoms. The van der Waals surface area contributed by atoms with E-state index in [0.717, 1.165) is 29.3 Å². The highest BCUT2D eigenvalue weighted by molar-refractivity contribution is 6.31. The van der Waals surface area contributed by atoms with Crippen molar-refractivity contribution in [2.45, 2.75) is 57.8 Å². The lowest BCUT2D eigenvalue weighted by atomic mass is 9.68. The van der Waals surface area contributed by atoms with E-state index in [1.54, 1.807) is 6.20 Å². The Labute approximate surface area is 175 Å². The number of aromatic nitrogens is 2. The van der Waals surface area contributed by atoms with Gasteiger partial charge in [0, 0.05) is 35.1 Å². The number of amides is 2. The van der Waals surface area contributed by atoms with Gasteiger partial charge in [-0.1, -0.05) is 25.4 Å². The summed E-state index contributed by atoms with van der Waals surface area (Å²) < 4.78 is 0. The molecule has 2 amide bonds. The first-order valence-electron chi connectivity index (χ1n) is 10.3. The Morgan fingerprint density at radius 1 is 1.34 bits per heavy atom. The number of H-pyrrole nitrogens is 1. The third-order valence-corrected chi connectivity index (χ3v) is 7.04. The molecule has 1 saturated heterocycles. The number of likely N-dealkylation sites (tertiary alicyclic amines) is 1. The van der Waals surface area contributed by atoms with Gasteiger partial charge in [-0.2, -0.15) is 5.10 Å². The lowest BCUT2D eigenvalue weighted by Gasteiger charge is -2.44. The van der Waals surface area contributed by atoms with Gasteiger partial charge >= 0.3 is 6.03 Å². The first-order chi connectivity index (χ1) is 13.8. The van der Waals surface area contributed by atoms with Crippen molar-refractivity contribution in [3.8, 4) is 0 Å². The molecule has 0 bridgehead atoms. The lowest BCUT2D eigenvalue weighted by Crippen LogP contribution is -2.53. The minimum absolute atomic E-state index is 0.0484. The number of aliphatic hydroxyl groups is 2. The summed E-state index contributed by atoms with van der Waals surface area (Å²) in [6.07, 6.45) is 3.68. The lowest BCUT2D eigenvalue weighted by molar-refractivity contribution is -0.0148. The maximum absolute atomic E-state index is 12.4. The molecule has 2 fully saturated rings. The van der Waals surface area contributed by atoms with Crippen LogP contribution in [0.25, 0.3) is 10.9 Å². The van der Waals surface area contributed by atoms with Crippen molar-refractivity contribution in [1.29, 1.82) is 0 Å². The van der Waals surface area contributed by atoms with Crippen LogP contribution < -0.4 is 5.32 Å². The average molecular weight is 421 g/mol. The second-order valence-electron chi connectivity index (χ2n) is 9.09. The van der Waals surface area contributed by atoms with E-state index < -0.39 is 6.10 Å². The summed E-state index contributed by atoms with van der Waals surface area (Å²) >= 11 is 6.26. The standard InChI is InChI=1S/C21H29ClN4O3/c1-21(2,19(28)17-8-14(22)7-12-11-23-25-18(12)17)13-3-5-26(6-4-13)20(29)24-15-9-16(27)10-15/h7-8,11,13,15-16,19,27-28H,3-6,9-10H2,1-2H3,(H,23,25)(H,24,29)/t15?,16?,19-/m1/s1. The largest absolute Gasteiger partial charge is 0.393 e. The Balaban J connectivity index is 1.41. The van der Waals surface area contributed by atoms with Gasteiger partial charge in [0.05, 0.1) is 23.9 Å². The molecule has 158 valence electrons. The Kier molecular flexibility index (Phi) is 5.48. The first-order valence-corrected chi connectivity index (χ1v) is 10.7. The molecule has 4 rings (SSSR count). The summed E-state index contributed by atoms with van der Waals surface area (Å²) in [4.78, 5) is 14.3. The predicted molar refractivity (Wildman–Crippen MR) is 112 cm³/mol. The van der Waals surface area contributed by atoms with E-state index in [9.17, 15) is 15.0 Å². The molecule has 1 aromatic carbocycles. The van der Waals surface area contributed by atoms with Crippen LogP contribution in [0.5, 0.6) is 0 Å². The molecule has 0 radical (unpaired) electrons. The Bertz CT molecular complexity index is 885. The number of hydrogen-bond acceptors (Lipinski definition) is 4. The molecular weight excluding hydrogens is 392 g/mol. The van der Waals surface area contributed by atoms with Crippen molar-refractivity contribution in [3.05, 3.63) is 28.9 Å². The second kappa shape index (κ2) is 7.78. The van der Waals surface area contributed by atoms with Gasteiger partial charge in [0.1, 0.15) is 0 Å². The summed E-state index contributed by atoms with van der Waals surface area (Å²) in [5, 5.41) is 32.2. The van der Waals surface area contributed by atoms with E-state index in [1.807, 2.05) is 17.0 Å². The quantitative estimate of drug-likeness (QED) is 0.609. The zero-order valence-corrected chi connectivity index (χ0v) is 17.6. The van der Waals surface area contributed by atoms with E-state index in [2.05, 4.69) is 29.4 Å². The van der Waals surface area contributed by atoms with E-state index >= 15 is 0 Å². The van der Waals surface area contributed by atoms with Crippen molar-refractivity contribution in [2.24, 2.45) is 11.3 Å². The van der Waals surface area contributed by atoms with Crippen LogP contribution >= 0.6 is 11.6 Å². The molecule has 1 aromatic heterocycles. The molecule has 7 nitrogen and oxygen atoms in total. The van der Waals surface area contributed by atoms with Gasteiger partial charge in [-0.25, -0.2) is 4.79 Å². The summed E-state index contributed by atoms with van der Waals surface area (Å²) in [5.41, 5.74) is 1.19. The summed E-state index contributed by atoms with van der Waals surface area (Å²) in [7, 11) is 0. The fraction of sp³-hybridized carbons (Fsp3) is 0.619. The van der Waals surface area contributed by atoms with E-state index in [-0.39, 0.29) is 29.5 Å². The molecule has 1 atom stereocenters. The summed E-state index contributed by atoms with van der Waals surface area (Å²) in [6.45, 7) is 5.49. The first kappa shape index (κ1) is 20.4. The molecule has 1 saturated carbocycles. The maximum Gasteiger partial charge on any atom is 0.317 e. The smallest absolute Gasteiger partial charge is 0.317 e. The second-order valence-corrected chi connectivity index (χ2v) is 9.52. The Morgan fingerprint density at radius 3 is 2.69 bits per heavy atom. The number of aliphatic hydroxyl groups excluding tert-OH is 2. The number of carbonyl (C=O) groups excluding carboxylic acids is 1. The number of halogens is 1. The van der Waals surface area contributed by atoms with Gasteiger partial charge < -0.3 is 20.4 Å². The minimum atomic E-state index is -0.703. The van der Waals surface area contributed by atoms with Gasteiger partial charge in [0.15, 0.2) is 0 Å². The molecule has 8 heteroatoms. The zero-order valence-electron chi connectivity index (χ0n) is 16.9.